The first-order valence-corrected chi connectivity index (χ1v) is 15.7. The van der Waals surface area contributed by atoms with Crippen molar-refractivity contribution < 1.29 is 9.39 Å². The van der Waals surface area contributed by atoms with Crippen molar-refractivity contribution in [3.8, 4) is 56.3 Å². The minimum absolute atomic E-state index is 0.269. The van der Waals surface area contributed by atoms with Gasteiger partial charge in [-0.25, -0.2) is 0 Å². The van der Waals surface area contributed by atoms with Crippen molar-refractivity contribution in [1.82, 2.24) is 4.57 Å². The Morgan fingerprint density at radius 3 is 1.89 bits per heavy atom. The van der Waals surface area contributed by atoms with E-state index >= 15 is 0 Å². The minimum atomic E-state index is -0.269. The summed E-state index contributed by atoms with van der Waals surface area (Å²) in [6.45, 7) is -0.269. The first-order chi connectivity index (χ1) is 22.8. The van der Waals surface area contributed by atoms with Crippen LogP contribution in [0.1, 0.15) is 0 Å². The molecule has 3 nitrogen and oxygen atoms in total. The van der Waals surface area contributed by atoms with E-state index in [1.54, 1.807) is 0 Å². The van der Waals surface area contributed by atoms with Crippen LogP contribution in [0.5, 0.6) is 17.2 Å². The van der Waals surface area contributed by atoms with E-state index in [-0.39, 0.29) is 6.92 Å². The van der Waals surface area contributed by atoms with Crippen molar-refractivity contribution in [2.24, 2.45) is 0 Å². The van der Waals surface area contributed by atoms with Gasteiger partial charge in [0.05, 0.1) is 11.0 Å². The number of benzene rings is 7. The van der Waals surface area contributed by atoms with Crippen molar-refractivity contribution in [3.63, 3.8) is 0 Å². The molecule has 0 bridgehead atoms. The van der Waals surface area contributed by atoms with Crippen LogP contribution in [0.4, 0.5) is 0 Å². The minimum Gasteiger partial charge on any atom is -0.551 e. The molecule has 0 spiro atoms. The Morgan fingerprint density at radius 2 is 1.11 bits per heavy atom. The Balaban J connectivity index is 1.11. The van der Waals surface area contributed by atoms with Gasteiger partial charge < -0.3 is 14.0 Å². The van der Waals surface area contributed by atoms with Crippen LogP contribution >= 0.6 is 0 Å². The highest BCUT2D eigenvalue weighted by atomic mass is 16.5. The molecular weight excluding hydrogens is 561 g/mol. The SMILES string of the molecule is c1ccc(-c2ccccc2-c2ccc3c(c2)Oc2cccc4c2B3Oc2cc(-n3c5ccccc5c5ccccc53)ccc2-4)cc1. The molecule has 0 atom stereocenters. The standard InChI is InChI=1S/C42H26BNO2/c1-2-11-27(12-3-1)30-13-4-5-14-31(30)28-21-24-36-41(25-28)45-39-20-10-17-35-34-23-22-29(26-40(34)46-43(36)42(35)39)44-37-18-8-6-15-32(37)33-16-7-9-19-38(33)44/h1-26H. The third kappa shape index (κ3) is 3.67. The summed E-state index contributed by atoms with van der Waals surface area (Å²) in [7, 11) is 0. The fourth-order valence-electron chi connectivity index (χ4n) is 7.44. The normalized spacial score (nSPS) is 12.7. The summed E-state index contributed by atoms with van der Waals surface area (Å²) in [5.74, 6) is 2.55. The zero-order valence-corrected chi connectivity index (χ0v) is 24.9. The van der Waals surface area contributed by atoms with Gasteiger partial charge in [0, 0.05) is 39.0 Å². The Labute approximate surface area is 267 Å². The number of aromatic nitrogens is 1. The van der Waals surface area contributed by atoms with E-state index in [4.69, 9.17) is 9.39 Å². The van der Waals surface area contributed by atoms with Crippen molar-refractivity contribution in [2.45, 2.75) is 0 Å². The maximum absolute atomic E-state index is 6.97. The molecule has 0 aliphatic carbocycles. The van der Waals surface area contributed by atoms with Crippen molar-refractivity contribution >= 4 is 39.6 Å². The molecular formula is C42H26BNO2. The monoisotopic (exact) mass is 587 g/mol. The fourth-order valence-corrected chi connectivity index (χ4v) is 7.44. The van der Waals surface area contributed by atoms with Crippen LogP contribution in [0.3, 0.4) is 0 Å². The number of nitrogens with zero attached hydrogens (tertiary/aromatic N) is 1. The smallest absolute Gasteiger partial charge is 0.434 e. The number of hydrogen-bond donors (Lipinski definition) is 0. The van der Waals surface area contributed by atoms with Gasteiger partial charge in [0.1, 0.15) is 17.2 Å². The van der Waals surface area contributed by atoms with E-state index in [0.717, 1.165) is 50.6 Å². The number of fused-ring (bicyclic) bond motifs is 7. The van der Waals surface area contributed by atoms with Crippen LogP contribution in [0.2, 0.25) is 0 Å². The molecule has 0 saturated carbocycles. The van der Waals surface area contributed by atoms with E-state index in [0.29, 0.717) is 0 Å². The molecule has 2 aliphatic heterocycles. The molecule has 0 unspecified atom stereocenters. The van der Waals surface area contributed by atoms with Gasteiger partial charge in [0.25, 0.3) is 0 Å². The van der Waals surface area contributed by atoms with Gasteiger partial charge in [-0.2, -0.15) is 0 Å². The molecule has 0 fully saturated rings. The molecule has 3 heterocycles. The molecule has 10 rings (SSSR count). The fraction of sp³-hybridized carbons (Fsp3) is 0. The Bertz CT molecular complexity index is 2440. The first-order valence-electron chi connectivity index (χ1n) is 15.7. The highest BCUT2D eigenvalue weighted by molar-refractivity contribution is 6.84. The Kier molecular flexibility index (Phi) is 5.37. The molecule has 2 aliphatic rings. The molecule has 0 N–H and O–H groups in total. The summed E-state index contributed by atoms with van der Waals surface area (Å²) >= 11 is 0. The summed E-state index contributed by atoms with van der Waals surface area (Å²) in [4.78, 5) is 0. The third-order valence-corrected chi connectivity index (χ3v) is 9.51. The first kappa shape index (κ1) is 25.3. The molecule has 214 valence electrons. The predicted octanol–water partition coefficient (Wildman–Crippen LogP) is 9.39. The van der Waals surface area contributed by atoms with Gasteiger partial charge in [-0.05, 0) is 64.2 Å². The molecule has 0 saturated heterocycles. The quantitative estimate of drug-likeness (QED) is 0.192. The zero-order chi connectivity index (χ0) is 30.2. The highest BCUT2D eigenvalue weighted by Gasteiger charge is 2.40. The van der Waals surface area contributed by atoms with Crippen LogP contribution in [0, 0.1) is 0 Å². The van der Waals surface area contributed by atoms with Gasteiger partial charge in [-0.3, -0.25) is 0 Å². The molecule has 7 aromatic carbocycles. The Hall–Kier alpha value is -6.00. The van der Waals surface area contributed by atoms with Gasteiger partial charge in [-0.15, -0.1) is 0 Å². The number of rotatable bonds is 3. The van der Waals surface area contributed by atoms with Gasteiger partial charge >= 0.3 is 6.92 Å². The van der Waals surface area contributed by atoms with E-state index in [1.165, 1.54) is 38.5 Å². The van der Waals surface area contributed by atoms with E-state index < -0.39 is 0 Å². The van der Waals surface area contributed by atoms with Crippen LogP contribution in [-0.4, -0.2) is 11.5 Å². The predicted molar refractivity (Wildman–Crippen MR) is 189 cm³/mol. The van der Waals surface area contributed by atoms with E-state index in [9.17, 15) is 0 Å². The van der Waals surface area contributed by atoms with Crippen LogP contribution < -0.4 is 20.3 Å². The lowest BCUT2D eigenvalue weighted by molar-refractivity contribution is 0.479. The van der Waals surface area contributed by atoms with Crippen LogP contribution in [0.25, 0.3) is 60.9 Å². The van der Waals surface area contributed by atoms with E-state index in [2.05, 4.69) is 162 Å². The number of hydrogen-bond acceptors (Lipinski definition) is 2. The maximum Gasteiger partial charge on any atom is 0.434 e. The highest BCUT2D eigenvalue weighted by Crippen LogP contribution is 2.42. The van der Waals surface area contributed by atoms with Crippen LogP contribution in [-0.2, 0) is 0 Å². The van der Waals surface area contributed by atoms with Crippen molar-refractivity contribution in [2.75, 3.05) is 0 Å². The summed E-state index contributed by atoms with van der Waals surface area (Å²) in [5, 5.41) is 2.49. The van der Waals surface area contributed by atoms with Crippen molar-refractivity contribution in [3.05, 3.63) is 158 Å². The number of ether oxygens (including phenoxy) is 1. The molecule has 4 heteroatoms. The van der Waals surface area contributed by atoms with Gasteiger partial charge in [0.2, 0.25) is 0 Å². The second-order valence-electron chi connectivity index (χ2n) is 12.0. The largest absolute Gasteiger partial charge is 0.551 e. The topological polar surface area (TPSA) is 23.4 Å². The zero-order valence-electron chi connectivity index (χ0n) is 24.9. The summed E-state index contributed by atoms with van der Waals surface area (Å²) in [5.41, 5.74) is 12.5. The second-order valence-corrected chi connectivity index (χ2v) is 12.0. The average molecular weight is 587 g/mol. The second kappa shape index (κ2) is 9.75. The molecule has 0 amide bonds. The maximum atomic E-state index is 6.97. The lowest BCUT2D eigenvalue weighted by atomic mass is 9.51. The Morgan fingerprint density at radius 1 is 0.435 bits per heavy atom. The lowest BCUT2D eigenvalue weighted by Gasteiger charge is -2.33. The molecule has 0 radical (unpaired) electrons. The molecule has 1 aromatic heterocycles. The summed E-state index contributed by atoms with van der Waals surface area (Å²) in [6, 6.07) is 55.8. The third-order valence-electron chi connectivity index (χ3n) is 9.51. The van der Waals surface area contributed by atoms with E-state index in [1.807, 2.05) is 0 Å². The number of para-hydroxylation sites is 2. The lowest BCUT2D eigenvalue weighted by Crippen LogP contribution is -2.53. The summed E-state index contributed by atoms with van der Waals surface area (Å²) in [6.07, 6.45) is 0. The van der Waals surface area contributed by atoms with Crippen molar-refractivity contribution in [1.29, 1.82) is 0 Å². The molecule has 46 heavy (non-hydrogen) atoms. The van der Waals surface area contributed by atoms with Gasteiger partial charge in [0.15, 0.2) is 0 Å². The molecule has 8 aromatic rings. The summed E-state index contributed by atoms with van der Waals surface area (Å²) < 4.78 is 16.0. The van der Waals surface area contributed by atoms with Crippen LogP contribution in [0.15, 0.2) is 158 Å². The average Bonchev–Trinajstić information content (AvgIpc) is 3.46. The van der Waals surface area contributed by atoms with Gasteiger partial charge in [-0.1, -0.05) is 115 Å².